The van der Waals surface area contributed by atoms with Gasteiger partial charge in [0.1, 0.15) is 11.2 Å². The minimum absolute atomic E-state index is 0.0205. The van der Waals surface area contributed by atoms with Gasteiger partial charge in [-0.15, -0.1) is 17.9 Å². The normalized spacial score (nSPS) is 20.1. The SMILES string of the molecule is C=CCc1csc(N2CC(C)(C)N(c3ccncc3)C2C)c1Cl. The van der Waals surface area contributed by atoms with Crippen molar-refractivity contribution >= 4 is 33.6 Å². The Balaban J connectivity index is 1.96. The lowest BCUT2D eigenvalue weighted by atomic mass is 10.0. The summed E-state index contributed by atoms with van der Waals surface area (Å²) in [4.78, 5) is 8.98. The number of pyridine rings is 1. The molecule has 1 aliphatic rings. The first-order chi connectivity index (χ1) is 11.0. The number of thiophene rings is 1. The number of rotatable bonds is 4. The molecule has 0 saturated carbocycles. The Labute approximate surface area is 147 Å². The van der Waals surface area contributed by atoms with Crippen molar-refractivity contribution in [2.24, 2.45) is 0 Å². The van der Waals surface area contributed by atoms with Gasteiger partial charge in [-0.25, -0.2) is 0 Å². The minimum Gasteiger partial charge on any atom is -0.344 e. The van der Waals surface area contributed by atoms with Crippen molar-refractivity contribution in [1.29, 1.82) is 0 Å². The molecule has 5 heteroatoms. The molecule has 3 heterocycles. The monoisotopic (exact) mass is 347 g/mol. The highest BCUT2D eigenvalue weighted by atomic mass is 35.5. The first-order valence-corrected chi connectivity index (χ1v) is 9.04. The highest BCUT2D eigenvalue weighted by molar-refractivity contribution is 7.15. The number of nitrogens with zero attached hydrogens (tertiary/aromatic N) is 3. The third kappa shape index (κ3) is 2.86. The van der Waals surface area contributed by atoms with E-state index < -0.39 is 0 Å². The van der Waals surface area contributed by atoms with Crippen LogP contribution in [-0.2, 0) is 6.42 Å². The van der Waals surface area contributed by atoms with E-state index in [4.69, 9.17) is 11.6 Å². The topological polar surface area (TPSA) is 19.4 Å². The second kappa shape index (κ2) is 6.17. The average molecular weight is 348 g/mol. The third-order valence-corrected chi connectivity index (χ3v) is 5.98. The maximum Gasteiger partial charge on any atom is 0.112 e. The maximum atomic E-state index is 6.63. The fourth-order valence-corrected chi connectivity index (χ4v) is 4.93. The van der Waals surface area contributed by atoms with Crippen LogP contribution in [-0.4, -0.2) is 23.2 Å². The first-order valence-electron chi connectivity index (χ1n) is 7.78. The van der Waals surface area contributed by atoms with Crippen LogP contribution < -0.4 is 9.80 Å². The number of anilines is 2. The molecule has 1 aliphatic heterocycles. The lowest BCUT2D eigenvalue weighted by molar-refractivity contribution is 0.533. The van der Waals surface area contributed by atoms with Crippen LogP contribution in [0.3, 0.4) is 0 Å². The molecular formula is C18H22ClN3S. The molecule has 2 aromatic heterocycles. The van der Waals surface area contributed by atoms with Gasteiger partial charge in [-0.2, -0.15) is 0 Å². The summed E-state index contributed by atoms with van der Waals surface area (Å²) in [5.74, 6) is 0. The summed E-state index contributed by atoms with van der Waals surface area (Å²) in [5.41, 5.74) is 2.38. The summed E-state index contributed by atoms with van der Waals surface area (Å²) in [6, 6.07) is 4.14. The summed E-state index contributed by atoms with van der Waals surface area (Å²) >= 11 is 8.35. The van der Waals surface area contributed by atoms with Gasteiger partial charge < -0.3 is 9.80 Å². The molecule has 122 valence electrons. The van der Waals surface area contributed by atoms with Crippen LogP contribution in [0.2, 0.25) is 5.02 Å². The number of hydrogen-bond donors (Lipinski definition) is 0. The Morgan fingerprint density at radius 1 is 1.43 bits per heavy atom. The van der Waals surface area contributed by atoms with Crippen LogP contribution in [0.15, 0.2) is 42.6 Å². The summed E-state index contributed by atoms with van der Waals surface area (Å²) in [5, 5.41) is 4.17. The Hall–Kier alpha value is -1.52. The van der Waals surface area contributed by atoms with Gasteiger partial charge in [-0.05, 0) is 50.3 Å². The van der Waals surface area contributed by atoms with Crippen LogP contribution in [0.4, 0.5) is 10.7 Å². The number of hydrogen-bond acceptors (Lipinski definition) is 4. The summed E-state index contributed by atoms with van der Waals surface area (Å²) in [6.45, 7) is 11.5. The molecule has 0 spiro atoms. The van der Waals surface area contributed by atoms with Crippen molar-refractivity contribution in [2.45, 2.75) is 38.9 Å². The highest BCUT2D eigenvalue weighted by Crippen LogP contribution is 2.43. The molecule has 1 atom stereocenters. The highest BCUT2D eigenvalue weighted by Gasteiger charge is 2.43. The molecule has 1 saturated heterocycles. The zero-order valence-electron chi connectivity index (χ0n) is 13.8. The summed E-state index contributed by atoms with van der Waals surface area (Å²) in [7, 11) is 0. The van der Waals surface area contributed by atoms with Crippen molar-refractivity contribution in [3.05, 3.63) is 53.1 Å². The number of aromatic nitrogens is 1. The van der Waals surface area contributed by atoms with Gasteiger partial charge in [0.2, 0.25) is 0 Å². The number of allylic oxidation sites excluding steroid dienone is 1. The van der Waals surface area contributed by atoms with Crippen molar-refractivity contribution in [2.75, 3.05) is 16.3 Å². The van der Waals surface area contributed by atoms with Crippen LogP contribution >= 0.6 is 22.9 Å². The van der Waals surface area contributed by atoms with E-state index >= 15 is 0 Å². The van der Waals surface area contributed by atoms with Crippen molar-refractivity contribution in [3.8, 4) is 0 Å². The zero-order chi connectivity index (χ0) is 16.6. The first kappa shape index (κ1) is 16.3. The molecule has 2 aromatic rings. The third-order valence-electron chi connectivity index (χ3n) is 4.38. The lowest BCUT2D eigenvalue weighted by Gasteiger charge is -2.35. The average Bonchev–Trinajstić information content (AvgIpc) is 2.98. The minimum atomic E-state index is 0.0205. The molecule has 3 nitrogen and oxygen atoms in total. The molecule has 0 radical (unpaired) electrons. The van der Waals surface area contributed by atoms with E-state index in [0.717, 1.165) is 28.6 Å². The molecular weight excluding hydrogens is 326 g/mol. The predicted molar refractivity (Wildman–Crippen MR) is 101 cm³/mol. The van der Waals surface area contributed by atoms with Crippen LogP contribution in [0.5, 0.6) is 0 Å². The van der Waals surface area contributed by atoms with E-state index in [1.807, 2.05) is 18.5 Å². The molecule has 23 heavy (non-hydrogen) atoms. The fraction of sp³-hybridized carbons (Fsp3) is 0.389. The second-order valence-corrected chi connectivity index (χ2v) is 7.76. The van der Waals surface area contributed by atoms with Gasteiger partial charge in [0.25, 0.3) is 0 Å². The Kier molecular flexibility index (Phi) is 4.39. The molecule has 0 aromatic carbocycles. The molecule has 0 N–H and O–H groups in total. The van der Waals surface area contributed by atoms with E-state index in [-0.39, 0.29) is 11.7 Å². The van der Waals surface area contributed by atoms with Crippen LogP contribution in [0, 0.1) is 0 Å². The van der Waals surface area contributed by atoms with E-state index in [0.29, 0.717) is 0 Å². The smallest absolute Gasteiger partial charge is 0.112 e. The van der Waals surface area contributed by atoms with Gasteiger partial charge in [0.05, 0.1) is 10.6 Å². The largest absolute Gasteiger partial charge is 0.344 e. The zero-order valence-corrected chi connectivity index (χ0v) is 15.4. The predicted octanol–water partition coefficient (Wildman–Crippen LogP) is 4.98. The standard InChI is InChI=1S/C18H22ClN3S/c1-5-6-14-11-23-17(16(14)19)21-12-18(3,4)22(13(21)2)15-7-9-20-10-8-15/h5,7-11,13H,1,6,12H2,2-4H3. The van der Waals surface area contributed by atoms with E-state index in [9.17, 15) is 0 Å². The van der Waals surface area contributed by atoms with Crippen LogP contribution in [0.25, 0.3) is 0 Å². The quantitative estimate of drug-likeness (QED) is 0.727. The maximum absolute atomic E-state index is 6.63. The molecule has 0 aliphatic carbocycles. The van der Waals surface area contributed by atoms with Crippen molar-refractivity contribution in [3.63, 3.8) is 0 Å². The van der Waals surface area contributed by atoms with Gasteiger partial charge in [0, 0.05) is 24.6 Å². The molecule has 0 bridgehead atoms. The van der Waals surface area contributed by atoms with Crippen molar-refractivity contribution < 1.29 is 0 Å². The summed E-state index contributed by atoms with van der Waals surface area (Å²) < 4.78 is 0. The Morgan fingerprint density at radius 2 is 2.13 bits per heavy atom. The molecule has 0 amide bonds. The molecule has 1 fully saturated rings. The van der Waals surface area contributed by atoms with Crippen molar-refractivity contribution in [1.82, 2.24) is 4.98 Å². The molecule has 1 unspecified atom stereocenters. The molecule has 3 rings (SSSR count). The fourth-order valence-electron chi connectivity index (χ4n) is 3.44. The van der Waals surface area contributed by atoms with Gasteiger partial charge in [-0.1, -0.05) is 17.7 Å². The summed E-state index contributed by atoms with van der Waals surface area (Å²) in [6.07, 6.45) is 6.65. The second-order valence-electron chi connectivity index (χ2n) is 6.52. The van der Waals surface area contributed by atoms with E-state index in [1.54, 1.807) is 11.3 Å². The van der Waals surface area contributed by atoms with Gasteiger partial charge in [-0.3, -0.25) is 4.98 Å². The lowest BCUT2D eigenvalue weighted by Crippen LogP contribution is -2.44. The number of halogens is 1. The Morgan fingerprint density at radius 3 is 2.78 bits per heavy atom. The Bertz CT molecular complexity index is 696. The van der Waals surface area contributed by atoms with Gasteiger partial charge >= 0.3 is 0 Å². The van der Waals surface area contributed by atoms with E-state index in [1.165, 1.54) is 5.69 Å². The van der Waals surface area contributed by atoms with Gasteiger partial charge in [0.15, 0.2) is 0 Å². The van der Waals surface area contributed by atoms with E-state index in [2.05, 4.69) is 59.6 Å². The van der Waals surface area contributed by atoms with Crippen LogP contribution in [0.1, 0.15) is 26.3 Å².